The van der Waals surface area contributed by atoms with Crippen LogP contribution in [0.1, 0.15) is 37.0 Å². The van der Waals surface area contributed by atoms with Gasteiger partial charge in [-0.05, 0) is 63.1 Å². The lowest BCUT2D eigenvalue weighted by molar-refractivity contribution is -0.140. The molecule has 0 aliphatic heterocycles. The molecule has 7 nitrogen and oxygen atoms in total. The van der Waals surface area contributed by atoms with Crippen molar-refractivity contribution in [2.75, 3.05) is 17.4 Å². The van der Waals surface area contributed by atoms with Crippen molar-refractivity contribution in [3.63, 3.8) is 0 Å². The second-order valence-electron chi connectivity index (χ2n) is 9.09. The van der Waals surface area contributed by atoms with Gasteiger partial charge in [-0.1, -0.05) is 72.1 Å². The molecule has 0 bridgehead atoms. The lowest BCUT2D eigenvalue weighted by atomic mass is 10.1. The molecule has 1 atom stereocenters. The predicted octanol–water partition coefficient (Wildman–Crippen LogP) is 5.10. The van der Waals surface area contributed by atoms with Gasteiger partial charge in [-0.2, -0.15) is 0 Å². The summed E-state index contributed by atoms with van der Waals surface area (Å²) in [5.74, 6) is -0.821. The maximum Gasteiger partial charge on any atom is 0.264 e. The third kappa shape index (κ3) is 6.94. The fourth-order valence-electron chi connectivity index (χ4n) is 4.10. The second-order valence-corrected chi connectivity index (χ2v) is 11.4. The molecule has 0 radical (unpaired) electrons. The minimum atomic E-state index is -4.10. The van der Waals surface area contributed by atoms with Gasteiger partial charge in [0.15, 0.2) is 0 Å². The van der Waals surface area contributed by atoms with Crippen molar-refractivity contribution in [3.05, 3.63) is 94.5 Å². The van der Waals surface area contributed by atoms with Gasteiger partial charge < -0.3 is 10.2 Å². The molecule has 0 saturated carbocycles. The maximum absolute atomic E-state index is 13.9. The van der Waals surface area contributed by atoms with Crippen LogP contribution in [0.2, 0.25) is 5.02 Å². The molecular weight excluding hydrogens is 522 g/mol. The highest BCUT2D eigenvalue weighted by Crippen LogP contribution is 2.26. The van der Waals surface area contributed by atoms with E-state index in [4.69, 9.17) is 11.6 Å². The summed E-state index contributed by atoms with van der Waals surface area (Å²) in [6, 6.07) is 19.7. The van der Waals surface area contributed by atoms with E-state index in [0.717, 1.165) is 15.4 Å². The highest BCUT2D eigenvalue weighted by atomic mass is 35.5. The van der Waals surface area contributed by atoms with Gasteiger partial charge in [0.05, 0.1) is 10.6 Å². The van der Waals surface area contributed by atoms with E-state index in [1.807, 2.05) is 20.8 Å². The van der Waals surface area contributed by atoms with Crippen molar-refractivity contribution < 1.29 is 18.0 Å². The van der Waals surface area contributed by atoms with Crippen LogP contribution >= 0.6 is 11.6 Å². The lowest BCUT2D eigenvalue weighted by Crippen LogP contribution is -2.52. The Morgan fingerprint density at radius 2 is 1.47 bits per heavy atom. The largest absolute Gasteiger partial charge is 0.355 e. The highest BCUT2D eigenvalue weighted by molar-refractivity contribution is 7.92. The second kappa shape index (κ2) is 12.9. The lowest BCUT2D eigenvalue weighted by Gasteiger charge is -2.33. The topological polar surface area (TPSA) is 86.8 Å². The SMILES string of the molecule is CCNC(=O)[C@@H](CC)N(Cc1ccccc1Cl)C(=O)CN(c1ccc(C)cc1)S(=O)(=O)c1ccc(C)cc1. The van der Waals surface area contributed by atoms with Crippen molar-refractivity contribution in [3.8, 4) is 0 Å². The van der Waals surface area contributed by atoms with E-state index in [9.17, 15) is 18.0 Å². The predicted molar refractivity (Wildman–Crippen MR) is 152 cm³/mol. The van der Waals surface area contributed by atoms with E-state index in [2.05, 4.69) is 5.32 Å². The summed E-state index contributed by atoms with van der Waals surface area (Å²) >= 11 is 6.40. The third-order valence-corrected chi connectivity index (χ3v) is 8.40. The zero-order valence-corrected chi connectivity index (χ0v) is 23.7. The van der Waals surface area contributed by atoms with Crippen LogP contribution in [0, 0.1) is 13.8 Å². The number of carbonyl (C=O) groups excluding carboxylic acids is 2. The standard InChI is InChI=1S/C29H34ClN3O4S/c1-5-27(29(35)31-6-2)32(19-23-9-7-8-10-26(23)30)28(34)20-33(24-15-11-21(3)12-16-24)38(36,37)25-17-13-22(4)14-18-25/h7-18,27H,5-6,19-20H2,1-4H3,(H,31,35)/t27-/m1/s1. The summed E-state index contributed by atoms with van der Waals surface area (Å²) < 4.78 is 28.8. The maximum atomic E-state index is 13.9. The van der Waals surface area contributed by atoms with Gasteiger partial charge in [0, 0.05) is 18.1 Å². The van der Waals surface area contributed by atoms with Gasteiger partial charge in [-0.3, -0.25) is 13.9 Å². The molecule has 1 N–H and O–H groups in total. The molecule has 3 aromatic carbocycles. The molecule has 0 aromatic heterocycles. The molecule has 0 aliphatic carbocycles. The van der Waals surface area contributed by atoms with Crippen LogP contribution in [0.25, 0.3) is 0 Å². The van der Waals surface area contributed by atoms with Crippen molar-refractivity contribution >= 4 is 39.1 Å². The molecule has 0 aliphatic rings. The summed E-state index contributed by atoms with van der Waals surface area (Å²) in [4.78, 5) is 28.4. The summed E-state index contributed by atoms with van der Waals surface area (Å²) in [5, 5.41) is 3.24. The molecule has 0 spiro atoms. The van der Waals surface area contributed by atoms with Gasteiger partial charge in [-0.25, -0.2) is 8.42 Å². The number of halogens is 1. The average Bonchev–Trinajstić information content (AvgIpc) is 2.89. The van der Waals surface area contributed by atoms with Gasteiger partial charge in [0.25, 0.3) is 10.0 Å². The van der Waals surface area contributed by atoms with Crippen LogP contribution < -0.4 is 9.62 Å². The minimum absolute atomic E-state index is 0.0560. The molecule has 202 valence electrons. The Bertz CT molecular complexity index is 1360. The Balaban J connectivity index is 2.06. The van der Waals surface area contributed by atoms with Crippen LogP contribution in [0.4, 0.5) is 5.69 Å². The Morgan fingerprint density at radius 3 is 2.03 bits per heavy atom. The van der Waals surface area contributed by atoms with E-state index in [1.165, 1.54) is 17.0 Å². The number of likely N-dealkylation sites (N-methyl/N-ethyl adjacent to an activating group) is 1. The van der Waals surface area contributed by atoms with Crippen LogP contribution in [0.3, 0.4) is 0 Å². The fourth-order valence-corrected chi connectivity index (χ4v) is 5.71. The highest BCUT2D eigenvalue weighted by Gasteiger charge is 2.33. The van der Waals surface area contributed by atoms with E-state index in [-0.39, 0.29) is 17.3 Å². The van der Waals surface area contributed by atoms with Crippen molar-refractivity contribution in [1.29, 1.82) is 0 Å². The van der Waals surface area contributed by atoms with Crippen LogP contribution in [0.5, 0.6) is 0 Å². The number of nitrogens with one attached hydrogen (secondary N) is 1. The Morgan fingerprint density at radius 1 is 0.895 bits per heavy atom. The first kappa shape index (κ1) is 29.2. The van der Waals surface area contributed by atoms with Crippen LogP contribution in [-0.2, 0) is 26.2 Å². The first-order valence-electron chi connectivity index (χ1n) is 12.5. The number of aryl methyl sites for hydroxylation is 2. The van der Waals surface area contributed by atoms with Gasteiger partial charge >= 0.3 is 0 Å². The molecule has 3 aromatic rings. The molecule has 0 fully saturated rings. The Kier molecular flexibility index (Phi) is 9.94. The number of sulfonamides is 1. The summed E-state index contributed by atoms with van der Waals surface area (Å²) in [6.45, 7) is 7.36. The molecule has 38 heavy (non-hydrogen) atoms. The zero-order chi connectivity index (χ0) is 27.9. The van der Waals surface area contributed by atoms with Gasteiger partial charge in [-0.15, -0.1) is 0 Å². The van der Waals surface area contributed by atoms with Crippen molar-refractivity contribution in [2.24, 2.45) is 0 Å². The molecule has 0 saturated heterocycles. The fraction of sp³-hybridized carbons (Fsp3) is 0.310. The molecular formula is C29H34ClN3O4S. The zero-order valence-electron chi connectivity index (χ0n) is 22.1. The molecule has 0 unspecified atom stereocenters. The summed E-state index contributed by atoms with van der Waals surface area (Å²) in [5.41, 5.74) is 2.89. The van der Waals surface area contributed by atoms with Gasteiger partial charge in [0.2, 0.25) is 11.8 Å². The first-order chi connectivity index (χ1) is 18.1. The minimum Gasteiger partial charge on any atom is -0.355 e. The quantitative estimate of drug-likeness (QED) is 0.357. The number of benzene rings is 3. The number of nitrogens with zero attached hydrogens (tertiary/aromatic N) is 2. The number of hydrogen-bond donors (Lipinski definition) is 1. The number of carbonyl (C=O) groups is 2. The van der Waals surface area contributed by atoms with Crippen LogP contribution in [0.15, 0.2) is 77.7 Å². The van der Waals surface area contributed by atoms with Crippen molar-refractivity contribution in [2.45, 2.75) is 51.6 Å². The summed E-state index contributed by atoms with van der Waals surface area (Å²) in [7, 11) is -4.10. The molecule has 2 amide bonds. The Labute approximate surface area is 230 Å². The van der Waals surface area contributed by atoms with E-state index >= 15 is 0 Å². The number of amides is 2. The van der Waals surface area contributed by atoms with E-state index in [0.29, 0.717) is 29.2 Å². The number of hydrogen-bond acceptors (Lipinski definition) is 4. The number of anilines is 1. The molecule has 3 rings (SSSR count). The van der Waals surface area contributed by atoms with Gasteiger partial charge in [0.1, 0.15) is 12.6 Å². The smallest absolute Gasteiger partial charge is 0.264 e. The molecule has 9 heteroatoms. The summed E-state index contributed by atoms with van der Waals surface area (Å²) in [6.07, 6.45) is 0.345. The normalized spacial score (nSPS) is 12.0. The Hall–Kier alpha value is -3.36. The number of rotatable bonds is 11. The monoisotopic (exact) mass is 555 g/mol. The van der Waals surface area contributed by atoms with Crippen molar-refractivity contribution in [1.82, 2.24) is 10.2 Å². The van der Waals surface area contributed by atoms with E-state index in [1.54, 1.807) is 67.6 Å². The molecule has 0 heterocycles. The van der Waals surface area contributed by atoms with Crippen LogP contribution in [-0.4, -0.2) is 44.3 Å². The van der Waals surface area contributed by atoms with E-state index < -0.39 is 28.5 Å². The third-order valence-electron chi connectivity index (χ3n) is 6.25. The first-order valence-corrected chi connectivity index (χ1v) is 14.4. The average molecular weight is 556 g/mol.